The fraction of sp³-hybridized carbons (Fsp3) is 0. The van der Waals surface area contributed by atoms with Crippen LogP contribution >= 0.6 is 11.6 Å². The van der Waals surface area contributed by atoms with E-state index in [0.29, 0.717) is 10.6 Å². The number of benzene rings is 1. The number of hydrogen-bond donors (Lipinski definition) is 1. The Kier molecular flexibility index (Phi) is 2.39. The van der Waals surface area contributed by atoms with Crippen LogP contribution in [0.2, 0.25) is 5.02 Å². The van der Waals surface area contributed by atoms with Crippen molar-refractivity contribution in [3.05, 3.63) is 41.2 Å². The minimum Gasteiger partial charge on any atom is -0.368 e. The SMILES string of the molecule is Nc1nncn1C(=O)c1cccc(Cl)c1. The number of hydrogen-bond acceptors (Lipinski definition) is 4. The van der Waals surface area contributed by atoms with Crippen LogP contribution in [0.1, 0.15) is 10.4 Å². The van der Waals surface area contributed by atoms with Crippen molar-refractivity contribution >= 4 is 23.5 Å². The zero-order valence-corrected chi connectivity index (χ0v) is 8.35. The third kappa shape index (κ3) is 1.82. The minimum atomic E-state index is -0.306. The van der Waals surface area contributed by atoms with Crippen LogP contribution in [0.15, 0.2) is 30.6 Å². The number of nitrogen functional groups attached to an aromatic ring is 1. The molecule has 2 N–H and O–H groups in total. The first-order chi connectivity index (χ1) is 7.18. The Morgan fingerprint density at radius 2 is 2.27 bits per heavy atom. The summed E-state index contributed by atoms with van der Waals surface area (Å²) in [5.41, 5.74) is 5.89. The number of nitrogens with zero attached hydrogens (tertiary/aromatic N) is 3. The highest BCUT2D eigenvalue weighted by atomic mass is 35.5. The maximum atomic E-state index is 11.8. The van der Waals surface area contributed by atoms with E-state index < -0.39 is 0 Å². The molecule has 5 nitrogen and oxygen atoms in total. The highest BCUT2D eigenvalue weighted by Crippen LogP contribution is 2.12. The van der Waals surface area contributed by atoms with Crippen molar-refractivity contribution in [3.63, 3.8) is 0 Å². The summed E-state index contributed by atoms with van der Waals surface area (Å²) in [6.07, 6.45) is 1.26. The van der Waals surface area contributed by atoms with E-state index in [2.05, 4.69) is 10.2 Å². The molecule has 0 bridgehead atoms. The van der Waals surface area contributed by atoms with Gasteiger partial charge >= 0.3 is 0 Å². The van der Waals surface area contributed by atoms with Gasteiger partial charge in [-0.05, 0) is 18.2 Å². The second-order valence-electron chi connectivity index (χ2n) is 2.87. The molecule has 2 rings (SSSR count). The first-order valence-electron chi connectivity index (χ1n) is 4.14. The Morgan fingerprint density at radius 3 is 2.87 bits per heavy atom. The predicted molar refractivity (Wildman–Crippen MR) is 55.6 cm³/mol. The van der Waals surface area contributed by atoms with Gasteiger partial charge in [0, 0.05) is 10.6 Å². The van der Waals surface area contributed by atoms with E-state index in [1.807, 2.05) is 0 Å². The topological polar surface area (TPSA) is 73.8 Å². The summed E-state index contributed by atoms with van der Waals surface area (Å²) in [6.45, 7) is 0. The second-order valence-corrected chi connectivity index (χ2v) is 3.31. The third-order valence-corrected chi connectivity index (χ3v) is 2.10. The molecule has 0 radical (unpaired) electrons. The molecule has 2 aromatic rings. The van der Waals surface area contributed by atoms with E-state index in [-0.39, 0.29) is 11.9 Å². The standard InChI is InChI=1S/C9H7ClN4O/c10-7-3-1-2-6(4-7)8(15)14-5-12-13-9(14)11/h1-5H,(H2,11,13). The average Bonchev–Trinajstić information content (AvgIpc) is 2.63. The Bertz CT molecular complexity index is 508. The fourth-order valence-electron chi connectivity index (χ4n) is 1.16. The minimum absolute atomic E-state index is 0.0555. The lowest BCUT2D eigenvalue weighted by molar-refractivity contribution is 0.0962. The molecule has 1 heterocycles. The van der Waals surface area contributed by atoms with Gasteiger partial charge in [-0.2, -0.15) is 0 Å². The Balaban J connectivity index is 2.41. The third-order valence-electron chi connectivity index (χ3n) is 1.86. The van der Waals surface area contributed by atoms with Crippen molar-refractivity contribution in [2.75, 3.05) is 5.73 Å². The summed E-state index contributed by atoms with van der Waals surface area (Å²) < 4.78 is 1.16. The van der Waals surface area contributed by atoms with Gasteiger partial charge in [0.05, 0.1) is 0 Å². The molecule has 0 unspecified atom stereocenters. The Hall–Kier alpha value is -1.88. The van der Waals surface area contributed by atoms with E-state index in [1.54, 1.807) is 24.3 Å². The summed E-state index contributed by atoms with van der Waals surface area (Å²) >= 11 is 5.77. The van der Waals surface area contributed by atoms with Crippen LogP contribution in [-0.2, 0) is 0 Å². The van der Waals surface area contributed by atoms with Crippen LogP contribution in [0.5, 0.6) is 0 Å². The van der Waals surface area contributed by atoms with Crippen LogP contribution < -0.4 is 5.73 Å². The van der Waals surface area contributed by atoms with Crippen LogP contribution in [0.4, 0.5) is 5.95 Å². The van der Waals surface area contributed by atoms with Gasteiger partial charge in [-0.1, -0.05) is 17.7 Å². The zero-order valence-electron chi connectivity index (χ0n) is 7.59. The van der Waals surface area contributed by atoms with Crippen LogP contribution in [0, 0.1) is 0 Å². The first-order valence-corrected chi connectivity index (χ1v) is 4.52. The van der Waals surface area contributed by atoms with E-state index in [1.165, 1.54) is 6.33 Å². The van der Waals surface area contributed by atoms with Gasteiger partial charge in [0.1, 0.15) is 6.33 Å². The molecular weight excluding hydrogens is 216 g/mol. The van der Waals surface area contributed by atoms with Crippen molar-refractivity contribution in [3.8, 4) is 0 Å². The Morgan fingerprint density at radius 1 is 1.47 bits per heavy atom. The van der Waals surface area contributed by atoms with E-state index >= 15 is 0 Å². The molecule has 0 saturated carbocycles. The molecule has 0 saturated heterocycles. The van der Waals surface area contributed by atoms with Gasteiger partial charge in [-0.15, -0.1) is 10.2 Å². The van der Waals surface area contributed by atoms with Gasteiger partial charge in [-0.25, -0.2) is 4.57 Å². The van der Waals surface area contributed by atoms with Crippen LogP contribution in [-0.4, -0.2) is 20.7 Å². The zero-order chi connectivity index (χ0) is 10.8. The average molecular weight is 223 g/mol. The van der Waals surface area contributed by atoms with Crippen molar-refractivity contribution in [1.82, 2.24) is 14.8 Å². The van der Waals surface area contributed by atoms with Crippen LogP contribution in [0.3, 0.4) is 0 Å². The lowest BCUT2D eigenvalue weighted by Crippen LogP contribution is -2.13. The van der Waals surface area contributed by atoms with E-state index in [0.717, 1.165) is 4.57 Å². The van der Waals surface area contributed by atoms with Crippen LogP contribution in [0.25, 0.3) is 0 Å². The lowest BCUT2D eigenvalue weighted by Gasteiger charge is -2.02. The molecule has 0 aliphatic heterocycles. The maximum Gasteiger partial charge on any atom is 0.266 e. The van der Waals surface area contributed by atoms with Gasteiger partial charge in [-0.3, -0.25) is 4.79 Å². The number of aromatic nitrogens is 3. The molecule has 76 valence electrons. The highest BCUT2D eigenvalue weighted by Gasteiger charge is 2.11. The normalized spacial score (nSPS) is 10.2. The maximum absolute atomic E-state index is 11.8. The molecule has 1 aromatic carbocycles. The molecule has 0 atom stereocenters. The number of carbonyl (C=O) groups excluding carboxylic acids is 1. The number of halogens is 1. The quantitative estimate of drug-likeness (QED) is 0.787. The summed E-state index contributed by atoms with van der Waals surface area (Å²) in [7, 11) is 0. The highest BCUT2D eigenvalue weighted by molar-refractivity contribution is 6.31. The Labute approximate surface area is 90.5 Å². The fourth-order valence-corrected chi connectivity index (χ4v) is 1.35. The lowest BCUT2D eigenvalue weighted by atomic mass is 10.2. The van der Waals surface area contributed by atoms with Gasteiger partial charge in [0.15, 0.2) is 0 Å². The smallest absolute Gasteiger partial charge is 0.266 e. The number of carbonyl (C=O) groups is 1. The predicted octanol–water partition coefficient (Wildman–Crippen LogP) is 1.20. The molecular formula is C9H7ClN4O. The molecule has 0 amide bonds. The summed E-state index contributed by atoms with van der Waals surface area (Å²) in [5, 5.41) is 7.54. The summed E-state index contributed by atoms with van der Waals surface area (Å²) in [5.74, 6) is -0.250. The molecule has 0 fully saturated rings. The molecule has 0 spiro atoms. The van der Waals surface area contributed by atoms with E-state index in [9.17, 15) is 4.79 Å². The first kappa shape index (κ1) is 9.67. The van der Waals surface area contributed by atoms with Crippen molar-refractivity contribution in [1.29, 1.82) is 0 Å². The summed E-state index contributed by atoms with van der Waals surface area (Å²) in [4.78, 5) is 11.8. The molecule has 15 heavy (non-hydrogen) atoms. The van der Waals surface area contributed by atoms with Gasteiger partial charge < -0.3 is 5.73 Å². The molecule has 6 heteroatoms. The molecule has 1 aromatic heterocycles. The largest absolute Gasteiger partial charge is 0.368 e. The van der Waals surface area contributed by atoms with Gasteiger partial charge in [0.2, 0.25) is 5.95 Å². The monoisotopic (exact) mass is 222 g/mol. The second kappa shape index (κ2) is 3.70. The molecule has 0 aliphatic carbocycles. The van der Waals surface area contributed by atoms with Gasteiger partial charge in [0.25, 0.3) is 5.91 Å². The number of nitrogens with two attached hydrogens (primary N) is 1. The summed E-state index contributed by atoms with van der Waals surface area (Å²) in [6, 6.07) is 6.58. The van der Waals surface area contributed by atoms with Crippen molar-refractivity contribution < 1.29 is 4.79 Å². The van der Waals surface area contributed by atoms with Crippen molar-refractivity contribution in [2.24, 2.45) is 0 Å². The van der Waals surface area contributed by atoms with Crippen molar-refractivity contribution in [2.45, 2.75) is 0 Å². The molecule has 0 aliphatic rings. The number of anilines is 1. The number of rotatable bonds is 1. The van der Waals surface area contributed by atoms with E-state index in [4.69, 9.17) is 17.3 Å².